The fraction of sp³-hybridized carbons (Fsp3) is 0.345. The summed E-state index contributed by atoms with van der Waals surface area (Å²) in [5.41, 5.74) is -0.394. The second-order valence-electron chi connectivity index (χ2n) is 10.2. The van der Waals surface area contributed by atoms with Gasteiger partial charge in [-0.05, 0) is 129 Å². The molecule has 0 aromatic heterocycles. The Morgan fingerprint density at radius 2 is 0.914 bits per heavy atom. The number of hydrogen-bond acceptors (Lipinski definition) is 2. The number of carboxylic acids is 1. The molecule has 0 radical (unpaired) electrons. The van der Waals surface area contributed by atoms with Crippen molar-refractivity contribution in [2.45, 2.75) is 53.2 Å². The van der Waals surface area contributed by atoms with Crippen molar-refractivity contribution in [1.82, 2.24) is 0 Å². The molecule has 0 amide bonds. The van der Waals surface area contributed by atoms with Crippen molar-refractivity contribution in [3.8, 4) is 0 Å². The first-order valence-electron chi connectivity index (χ1n) is 12.0. The summed E-state index contributed by atoms with van der Waals surface area (Å²) in [5, 5.41) is 13.3. The minimum atomic E-state index is -0.758. The minimum Gasteiger partial charge on any atom is -0.550 e. The highest BCUT2D eigenvalue weighted by Crippen LogP contribution is 2.59. The molecule has 0 aliphatic heterocycles. The third-order valence-electron chi connectivity index (χ3n) is 7.62. The van der Waals surface area contributed by atoms with Crippen LogP contribution < -0.4 is 5.11 Å². The molecule has 4 fully saturated rings. The molecule has 4 aliphatic carbocycles. The van der Waals surface area contributed by atoms with E-state index in [-0.39, 0.29) is 10.9 Å². The molecule has 0 spiro atoms. The maximum Gasteiger partial charge on any atom is 0.166 e. The van der Waals surface area contributed by atoms with E-state index in [9.17, 15) is 9.90 Å². The van der Waals surface area contributed by atoms with Crippen LogP contribution >= 0.6 is 34.8 Å². The van der Waals surface area contributed by atoms with Crippen LogP contribution in [0.4, 0.5) is 0 Å². The average Bonchev–Trinajstić information content (AvgIpc) is 2.82. The van der Waals surface area contributed by atoms with Gasteiger partial charge in [0.25, 0.3) is 0 Å². The van der Waals surface area contributed by atoms with Crippen LogP contribution in [0, 0.1) is 23.2 Å². The van der Waals surface area contributed by atoms with Gasteiger partial charge in [0.15, 0.2) is 14.7 Å². The summed E-state index contributed by atoms with van der Waals surface area (Å²) >= 11 is 18.1. The summed E-state index contributed by atoms with van der Waals surface area (Å²) in [5.74, 6) is 1.38. The molecule has 2 nitrogen and oxygen atoms in total. The molecule has 6 heteroatoms. The third kappa shape index (κ3) is 5.54. The predicted octanol–water partition coefficient (Wildman–Crippen LogP) is 7.69. The van der Waals surface area contributed by atoms with E-state index in [1.54, 1.807) is 0 Å². The van der Waals surface area contributed by atoms with Crippen molar-refractivity contribution in [3.05, 3.63) is 87.9 Å². The molecule has 0 N–H and O–H groups in total. The molecule has 0 atom stereocenters. The fourth-order valence-electron chi connectivity index (χ4n) is 6.48. The summed E-state index contributed by atoms with van der Waals surface area (Å²) in [6.45, 7) is 0. The third-order valence-corrected chi connectivity index (χ3v) is 10.6. The van der Waals surface area contributed by atoms with Crippen molar-refractivity contribution in [2.24, 2.45) is 23.2 Å². The standard InChI is InChI=1S/C18H12Cl3S.C11H16O2/c19-13-1-7-16(8-2-13)22(17-9-3-14(20)4-10-17)18-11-5-15(21)6-12-18;12-10(13)11-4-7-1-8(5-11)3-9(2-7)6-11/h1-12H;7-9H,1-6H2,(H,12,13)/q+1;/p-1. The molecule has 7 rings (SSSR count). The fourth-order valence-corrected chi connectivity index (χ4v) is 8.90. The topological polar surface area (TPSA) is 40.1 Å². The second-order valence-corrected chi connectivity index (χ2v) is 13.5. The molecular formula is C29H27Cl3O2S. The van der Waals surface area contributed by atoms with Gasteiger partial charge in [-0.2, -0.15) is 0 Å². The Hall–Kier alpha value is -1.65. The Balaban J connectivity index is 0.000000164. The number of aliphatic carboxylic acids is 1. The Morgan fingerprint density at radius 1 is 0.629 bits per heavy atom. The smallest absolute Gasteiger partial charge is 0.166 e. The Bertz CT molecular complexity index is 1030. The van der Waals surface area contributed by atoms with Crippen LogP contribution in [0.3, 0.4) is 0 Å². The van der Waals surface area contributed by atoms with E-state index in [1.165, 1.54) is 33.9 Å². The lowest BCUT2D eigenvalue weighted by Gasteiger charge is -2.57. The van der Waals surface area contributed by atoms with E-state index in [0.29, 0.717) is 17.8 Å². The number of rotatable bonds is 4. The van der Waals surface area contributed by atoms with Crippen molar-refractivity contribution in [1.29, 1.82) is 0 Å². The highest BCUT2D eigenvalue weighted by molar-refractivity contribution is 7.97. The molecular weight excluding hydrogens is 519 g/mol. The van der Waals surface area contributed by atoms with Crippen LogP contribution in [0.25, 0.3) is 0 Å². The molecule has 0 saturated heterocycles. The SMILES string of the molecule is Clc1ccc([S+](c2ccc(Cl)cc2)c2ccc(Cl)cc2)cc1.O=C([O-])C12CC3CC(CC(C3)C1)C2. The number of carboxylic acid groups (broad SMARTS) is 1. The van der Waals surface area contributed by atoms with E-state index in [1.807, 2.05) is 36.4 Å². The summed E-state index contributed by atoms with van der Waals surface area (Å²) in [6.07, 6.45) is 6.65. The maximum atomic E-state index is 11.1. The molecule has 3 aromatic rings. The van der Waals surface area contributed by atoms with Gasteiger partial charge in [-0.25, -0.2) is 0 Å². The van der Waals surface area contributed by atoms with Crippen molar-refractivity contribution >= 4 is 51.7 Å². The Kier molecular flexibility index (Phi) is 7.42. The highest BCUT2D eigenvalue weighted by Gasteiger charge is 2.51. The maximum absolute atomic E-state index is 11.1. The average molecular weight is 546 g/mol. The lowest BCUT2D eigenvalue weighted by atomic mass is 9.49. The molecule has 182 valence electrons. The van der Waals surface area contributed by atoms with Gasteiger partial charge in [0.1, 0.15) is 0 Å². The summed E-state index contributed by atoms with van der Waals surface area (Å²) < 4.78 is 0. The second kappa shape index (κ2) is 10.4. The summed E-state index contributed by atoms with van der Waals surface area (Å²) in [6, 6.07) is 23.9. The van der Waals surface area contributed by atoms with Gasteiger partial charge < -0.3 is 9.90 Å². The molecule has 0 unspecified atom stereocenters. The van der Waals surface area contributed by atoms with Gasteiger partial charge in [0.05, 0.1) is 10.9 Å². The first-order chi connectivity index (χ1) is 16.8. The zero-order valence-electron chi connectivity index (χ0n) is 19.3. The number of hydrogen-bond donors (Lipinski definition) is 0. The summed E-state index contributed by atoms with van der Waals surface area (Å²) in [4.78, 5) is 14.8. The molecule has 0 heterocycles. The van der Waals surface area contributed by atoms with E-state index >= 15 is 0 Å². The Labute approximate surface area is 225 Å². The molecule has 4 aliphatic rings. The monoisotopic (exact) mass is 544 g/mol. The van der Waals surface area contributed by atoms with Crippen LogP contribution in [0.1, 0.15) is 38.5 Å². The first kappa shape index (κ1) is 25.0. The van der Waals surface area contributed by atoms with Gasteiger partial charge in [0, 0.05) is 26.5 Å². The van der Waals surface area contributed by atoms with E-state index < -0.39 is 11.4 Å². The number of carbonyl (C=O) groups excluding carboxylic acids is 1. The van der Waals surface area contributed by atoms with Crippen molar-refractivity contribution in [3.63, 3.8) is 0 Å². The number of halogens is 3. The van der Waals surface area contributed by atoms with E-state index in [4.69, 9.17) is 34.8 Å². The number of benzene rings is 3. The predicted molar refractivity (Wildman–Crippen MR) is 142 cm³/mol. The van der Waals surface area contributed by atoms with Gasteiger partial charge in [0.2, 0.25) is 0 Å². The number of carbonyl (C=O) groups is 1. The van der Waals surface area contributed by atoms with Crippen LogP contribution in [0.15, 0.2) is 87.5 Å². The Morgan fingerprint density at radius 3 is 1.17 bits per heavy atom. The van der Waals surface area contributed by atoms with Crippen LogP contribution in [-0.2, 0) is 15.7 Å². The quantitative estimate of drug-likeness (QED) is 0.315. The van der Waals surface area contributed by atoms with E-state index in [0.717, 1.165) is 34.3 Å². The molecule has 3 aromatic carbocycles. The van der Waals surface area contributed by atoms with Crippen LogP contribution in [-0.4, -0.2) is 5.97 Å². The van der Waals surface area contributed by atoms with Crippen LogP contribution in [0.5, 0.6) is 0 Å². The van der Waals surface area contributed by atoms with Crippen LogP contribution in [0.2, 0.25) is 15.1 Å². The van der Waals surface area contributed by atoms with Crippen molar-refractivity contribution in [2.75, 3.05) is 0 Å². The zero-order valence-corrected chi connectivity index (χ0v) is 22.3. The molecule has 4 saturated carbocycles. The lowest BCUT2D eigenvalue weighted by Crippen LogP contribution is -2.54. The van der Waals surface area contributed by atoms with Gasteiger partial charge >= 0.3 is 0 Å². The van der Waals surface area contributed by atoms with Gasteiger partial charge in [-0.15, -0.1) is 0 Å². The minimum absolute atomic E-state index is 0.215. The molecule has 35 heavy (non-hydrogen) atoms. The largest absolute Gasteiger partial charge is 0.550 e. The zero-order chi connectivity index (χ0) is 24.6. The van der Waals surface area contributed by atoms with Gasteiger partial charge in [-0.3, -0.25) is 0 Å². The summed E-state index contributed by atoms with van der Waals surface area (Å²) in [7, 11) is -0.215. The highest BCUT2D eigenvalue weighted by atomic mass is 35.5. The van der Waals surface area contributed by atoms with E-state index in [2.05, 4.69) is 36.4 Å². The molecule has 4 bridgehead atoms. The van der Waals surface area contributed by atoms with Gasteiger partial charge in [-0.1, -0.05) is 34.8 Å². The first-order valence-corrected chi connectivity index (χ1v) is 14.4. The lowest BCUT2D eigenvalue weighted by molar-refractivity contribution is -0.327. The van der Waals surface area contributed by atoms with Crippen molar-refractivity contribution < 1.29 is 9.90 Å². The normalized spacial score (nSPS) is 26.3.